The van der Waals surface area contributed by atoms with Gasteiger partial charge in [0.25, 0.3) is 0 Å². The van der Waals surface area contributed by atoms with Gasteiger partial charge in [-0.2, -0.15) is 13.2 Å². The Bertz CT molecular complexity index is 82.4. The summed E-state index contributed by atoms with van der Waals surface area (Å²) in [5.74, 6) is 0. The van der Waals surface area contributed by atoms with E-state index in [1.165, 1.54) is 0 Å². The molecule has 0 bridgehead atoms. The molecule has 56 valence electrons. The summed E-state index contributed by atoms with van der Waals surface area (Å²) in [4.78, 5) is 0. The van der Waals surface area contributed by atoms with Gasteiger partial charge >= 0.3 is 6.18 Å². The van der Waals surface area contributed by atoms with E-state index in [0.717, 1.165) is 4.31 Å². The summed E-state index contributed by atoms with van der Waals surface area (Å²) in [6.45, 7) is 0.952. The molecule has 1 nitrogen and oxygen atoms in total. The lowest BCUT2D eigenvalue weighted by Crippen LogP contribution is -2.26. The molecule has 0 N–H and O–H groups in total. The predicted molar refractivity (Wildman–Crippen MR) is 32.3 cm³/mol. The first-order chi connectivity index (χ1) is 3.95. The van der Waals surface area contributed by atoms with E-state index in [1.54, 1.807) is 6.92 Å². The quantitative estimate of drug-likeness (QED) is 0.600. The fourth-order valence-electron chi connectivity index (χ4n) is 0.319. The maximum atomic E-state index is 11.4. The zero-order chi connectivity index (χ0) is 7.49. The molecule has 0 aliphatic heterocycles. The average molecular weight is 159 g/mol. The summed E-state index contributed by atoms with van der Waals surface area (Å²) in [5, 5.41) is 0. The summed E-state index contributed by atoms with van der Waals surface area (Å²) in [6.07, 6.45) is -4.13. The van der Waals surface area contributed by atoms with Crippen molar-refractivity contribution in [1.29, 1.82) is 0 Å². The van der Waals surface area contributed by atoms with E-state index in [9.17, 15) is 13.2 Å². The minimum Gasteiger partial charge on any atom is -0.244 e. The van der Waals surface area contributed by atoms with Crippen LogP contribution in [0.25, 0.3) is 0 Å². The number of hydrogen-bond acceptors (Lipinski definition) is 2. The molecule has 0 atom stereocenters. The molecule has 0 aromatic carbocycles. The third-order valence-corrected chi connectivity index (χ3v) is 1.15. The van der Waals surface area contributed by atoms with Crippen LogP contribution in [0.2, 0.25) is 0 Å². The number of rotatable bonds is 2. The van der Waals surface area contributed by atoms with Gasteiger partial charge in [-0.3, -0.25) is 0 Å². The largest absolute Gasteiger partial charge is 0.402 e. The van der Waals surface area contributed by atoms with Crippen LogP contribution in [0.5, 0.6) is 0 Å². The highest BCUT2D eigenvalue weighted by atomic mass is 32.1. The normalized spacial score (nSPS) is 12.7. The molecule has 0 radical (unpaired) electrons. The Morgan fingerprint density at radius 2 is 1.89 bits per heavy atom. The van der Waals surface area contributed by atoms with Gasteiger partial charge in [0.05, 0.1) is 0 Å². The minimum atomic E-state index is -4.13. The maximum absolute atomic E-state index is 11.4. The molecular formula is C4H8F3NS. The van der Waals surface area contributed by atoms with Crippen LogP contribution in [0.4, 0.5) is 13.2 Å². The lowest BCUT2D eigenvalue weighted by Gasteiger charge is -2.13. The van der Waals surface area contributed by atoms with Crippen molar-refractivity contribution in [2.75, 3.05) is 13.1 Å². The Kier molecular flexibility index (Phi) is 3.35. The second kappa shape index (κ2) is 3.31. The first-order valence-electron chi connectivity index (χ1n) is 2.46. The summed E-state index contributed by atoms with van der Waals surface area (Å²) in [5.41, 5.74) is 0. The van der Waals surface area contributed by atoms with Crippen molar-refractivity contribution in [3.63, 3.8) is 0 Å². The molecule has 0 aliphatic carbocycles. The molecule has 0 saturated heterocycles. The summed E-state index contributed by atoms with van der Waals surface area (Å²) >= 11 is 3.54. The van der Waals surface area contributed by atoms with Crippen LogP contribution in [-0.2, 0) is 0 Å². The van der Waals surface area contributed by atoms with Gasteiger partial charge in [0.15, 0.2) is 0 Å². The average Bonchev–Trinajstić information content (AvgIpc) is 1.62. The summed E-state index contributed by atoms with van der Waals surface area (Å²) in [6, 6.07) is 0. The molecule has 9 heavy (non-hydrogen) atoms. The van der Waals surface area contributed by atoms with E-state index in [-0.39, 0.29) is 0 Å². The molecule has 0 aromatic heterocycles. The Balaban J connectivity index is 3.47. The molecule has 0 spiro atoms. The van der Waals surface area contributed by atoms with E-state index >= 15 is 0 Å². The zero-order valence-electron chi connectivity index (χ0n) is 4.94. The van der Waals surface area contributed by atoms with Crippen LogP contribution >= 0.6 is 12.8 Å². The van der Waals surface area contributed by atoms with E-state index < -0.39 is 12.7 Å². The van der Waals surface area contributed by atoms with Crippen LogP contribution < -0.4 is 0 Å². The predicted octanol–water partition coefficient (Wildman–Crippen LogP) is 1.72. The highest BCUT2D eigenvalue weighted by molar-refractivity contribution is 7.77. The number of nitrogens with zero attached hydrogens (tertiary/aromatic N) is 1. The van der Waals surface area contributed by atoms with Gasteiger partial charge in [-0.15, -0.1) is 0 Å². The highest BCUT2D eigenvalue weighted by Gasteiger charge is 2.28. The fraction of sp³-hybridized carbons (Fsp3) is 1.00. The van der Waals surface area contributed by atoms with E-state index in [0.29, 0.717) is 6.54 Å². The number of alkyl halides is 3. The molecule has 0 heterocycles. The van der Waals surface area contributed by atoms with Gasteiger partial charge in [-0.1, -0.05) is 19.7 Å². The number of hydrogen-bond donors (Lipinski definition) is 1. The summed E-state index contributed by atoms with van der Waals surface area (Å²) < 4.78 is 35.1. The van der Waals surface area contributed by atoms with Crippen LogP contribution in [0.1, 0.15) is 6.92 Å². The maximum Gasteiger partial charge on any atom is 0.402 e. The first kappa shape index (κ1) is 9.10. The van der Waals surface area contributed by atoms with Crippen molar-refractivity contribution in [2.45, 2.75) is 13.1 Å². The third kappa shape index (κ3) is 5.98. The molecule has 0 saturated carbocycles. The highest BCUT2D eigenvalue weighted by Crippen LogP contribution is 2.16. The van der Waals surface area contributed by atoms with Gasteiger partial charge in [-0.25, -0.2) is 4.31 Å². The van der Waals surface area contributed by atoms with Crippen LogP contribution in [0, 0.1) is 0 Å². The van der Waals surface area contributed by atoms with Gasteiger partial charge in [0.1, 0.15) is 6.54 Å². The monoisotopic (exact) mass is 159 g/mol. The van der Waals surface area contributed by atoms with Gasteiger partial charge in [0, 0.05) is 6.54 Å². The van der Waals surface area contributed by atoms with E-state index in [2.05, 4.69) is 12.8 Å². The SMILES string of the molecule is CCN(S)CC(F)(F)F. The lowest BCUT2D eigenvalue weighted by atomic mass is 10.6. The fourth-order valence-corrected chi connectivity index (χ4v) is 0.479. The molecule has 0 unspecified atom stereocenters. The van der Waals surface area contributed by atoms with Crippen LogP contribution in [0.15, 0.2) is 0 Å². The van der Waals surface area contributed by atoms with Gasteiger partial charge in [0.2, 0.25) is 0 Å². The molecule has 0 rings (SSSR count). The molecule has 0 fully saturated rings. The smallest absolute Gasteiger partial charge is 0.244 e. The standard InChI is InChI=1S/C4H8F3NS/c1-2-8(9)3-4(5,6)7/h9H,2-3H2,1H3. The minimum absolute atomic E-state index is 0.294. The molecule has 0 amide bonds. The van der Waals surface area contributed by atoms with Crippen molar-refractivity contribution >= 4 is 12.8 Å². The second-order valence-corrected chi connectivity index (χ2v) is 2.16. The first-order valence-corrected chi connectivity index (χ1v) is 2.86. The molecule has 0 aromatic rings. The van der Waals surface area contributed by atoms with Crippen molar-refractivity contribution in [1.82, 2.24) is 4.31 Å². The van der Waals surface area contributed by atoms with Gasteiger partial charge < -0.3 is 0 Å². The lowest BCUT2D eigenvalue weighted by molar-refractivity contribution is -0.134. The summed E-state index contributed by atoms with van der Waals surface area (Å²) in [7, 11) is 0. The third-order valence-electron chi connectivity index (χ3n) is 0.727. The topological polar surface area (TPSA) is 3.24 Å². The Labute approximate surface area is 57.4 Å². The Morgan fingerprint density at radius 3 is 2.00 bits per heavy atom. The number of thiol groups is 1. The van der Waals surface area contributed by atoms with Crippen molar-refractivity contribution in [3.8, 4) is 0 Å². The van der Waals surface area contributed by atoms with Crippen LogP contribution in [-0.4, -0.2) is 23.6 Å². The Morgan fingerprint density at radius 1 is 1.44 bits per heavy atom. The second-order valence-electron chi connectivity index (χ2n) is 1.60. The van der Waals surface area contributed by atoms with Gasteiger partial charge in [-0.05, 0) is 0 Å². The number of halogens is 3. The van der Waals surface area contributed by atoms with Crippen LogP contribution in [0.3, 0.4) is 0 Å². The van der Waals surface area contributed by atoms with Crippen molar-refractivity contribution in [2.24, 2.45) is 0 Å². The van der Waals surface area contributed by atoms with E-state index in [1.807, 2.05) is 0 Å². The van der Waals surface area contributed by atoms with Crippen molar-refractivity contribution < 1.29 is 13.2 Å². The zero-order valence-corrected chi connectivity index (χ0v) is 5.84. The molecular weight excluding hydrogens is 151 g/mol. The molecule has 5 heteroatoms. The molecule has 0 aliphatic rings. The van der Waals surface area contributed by atoms with E-state index in [4.69, 9.17) is 0 Å². The Hall–Kier alpha value is 0.100. The van der Waals surface area contributed by atoms with Crippen molar-refractivity contribution in [3.05, 3.63) is 0 Å².